The van der Waals surface area contributed by atoms with Crippen LogP contribution in [0.15, 0.2) is 87.7 Å². The largest absolute Gasteiger partial charge is 0.341 e. The summed E-state index contributed by atoms with van der Waals surface area (Å²) < 4.78 is 25.0. The van der Waals surface area contributed by atoms with E-state index >= 15 is 0 Å². The van der Waals surface area contributed by atoms with Crippen LogP contribution in [0.25, 0.3) is 11.0 Å². The maximum absolute atomic E-state index is 12.5. The number of sulfone groups is 1. The van der Waals surface area contributed by atoms with Crippen molar-refractivity contribution in [3.63, 3.8) is 0 Å². The molecule has 4 rings (SSSR count). The first-order chi connectivity index (χ1) is 12.6. The summed E-state index contributed by atoms with van der Waals surface area (Å²) in [6.45, 7) is 0. The molecule has 0 bridgehead atoms. The molecule has 2 heterocycles. The quantitative estimate of drug-likeness (QED) is 0.564. The average molecular weight is 381 g/mol. The van der Waals surface area contributed by atoms with Crippen LogP contribution >= 0.6 is 11.8 Å². The van der Waals surface area contributed by atoms with E-state index in [-0.39, 0.29) is 5.75 Å². The predicted molar refractivity (Wildman–Crippen MR) is 102 cm³/mol. The minimum Gasteiger partial charge on any atom is -0.341 e. The minimum atomic E-state index is -3.43. The molecular formula is C19H15N3O2S2. The van der Waals surface area contributed by atoms with Crippen LogP contribution < -0.4 is 0 Å². The zero-order valence-corrected chi connectivity index (χ0v) is 15.3. The van der Waals surface area contributed by atoms with Crippen LogP contribution in [-0.2, 0) is 15.6 Å². The minimum absolute atomic E-state index is 0.154. The lowest BCUT2D eigenvalue weighted by atomic mass is 10.3. The van der Waals surface area contributed by atoms with Gasteiger partial charge in [-0.1, -0.05) is 30.0 Å². The highest BCUT2D eigenvalue weighted by Crippen LogP contribution is 2.29. The van der Waals surface area contributed by atoms with Crippen molar-refractivity contribution in [2.45, 2.75) is 20.4 Å². The second kappa shape index (κ2) is 6.93. The molecule has 0 aliphatic heterocycles. The second-order valence-corrected chi connectivity index (χ2v) is 8.86. The van der Waals surface area contributed by atoms with Crippen molar-refractivity contribution in [1.29, 1.82) is 0 Å². The van der Waals surface area contributed by atoms with Gasteiger partial charge in [-0.25, -0.2) is 13.4 Å². The summed E-state index contributed by atoms with van der Waals surface area (Å²) in [5.41, 5.74) is 1.57. The fourth-order valence-electron chi connectivity index (χ4n) is 2.60. The van der Waals surface area contributed by atoms with Gasteiger partial charge in [0.2, 0.25) is 0 Å². The fraction of sp³-hybridized carbons (Fsp3) is 0.0526. The number of imidazole rings is 1. The van der Waals surface area contributed by atoms with Crippen molar-refractivity contribution in [2.24, 2.45) is 0 Å². The Kier molecular flexibility index (Phi) is 4.48. The molecular weight excluding hydrogens is 366 g/mol. The summed E-state index contributed by atoms with van der Waals surface area (Å²) >= 11 is 1.61. The lowest BCUT2D eigenvalue weighted by molar-refractivity contribution is 0.594. The van der Waals surface area contributed by atoms with Gasteiger partial charge in [-0.3, -0.25) is 4.98 Å². The maximum Gasteiger partial charge on any atom is 0.185 e. The fourth-order valence-corrected chi connectivity index (χ4v) is 4.68. The molecule has 0 unspecified atom stereocenters. The molecule has 26 heavy (non-hydrogen) atoms. The number of aromatic nitrogens is 3. The monoisotopic (exact) mass is 381 g/mol. The van der Waals surface area contributed by atoms with Crippen LogP contribution in [0.3, 0.4) is 0 Å². The molecule has 5 nitrogen and oxygen atoms in total. The normalized spacial score (nSPS) is 11.7. The topological polar surface area (TPSA) is 75.7 Å². The molecule has 130 valence electrons. The van der Waals surface area contributed by atoms with Crippen LogP contribution in [0.1, 0.15) is 5.82 Å². The zero-order chi connectivity index (χ0) is 18.0. The zero-order valence-electron chi connectivity index (χ0n) is 13.7. The Balaban J connectivity index is 1.60. The number of hydrogen-bond donors (Lipinski definition) is 1. The van der Waals surface area contributed by atoms with Crippen LogP contribution in [0, 0.1) is 0 Å². The van der Waals surface area contributed by atoms with Crippen LogP contribution in [-0.4, -0.2) is 23.4 Å². The third-order valence-electron chi connectivity index (χ3n) is 3.82. The number of fused-ring (bicyclic) bond motifs is 1. The Morgan fingerprint density at radius 3 is 2.46 bits per heavy atom. The lowest BCUT2D eigenvalue weighted by Crippen LogP contribution is -2.05. The van der Waals surface area contributed by atoms with Crippen molar-refractivity contribution < 1.29 is 8.42 Å². The van der Waals surface area contributed by atoms with Gasteiger partial charge in [0.25, 0.3) is 0 Å². The molecule has 0 spiro atoms. The first kappa shape index (κ1) is 16.8. The van der Waals surface area contributed by atoms with Gasteiger partial charge in [0.05, 0.1) is 15.9 Å². The molecule has 0 atom stereocenters. The van der Waals surface area contributed by atoms with Crippen molar-refractivity contribution >= 4 is 32.6 Å². The SMILES string of the molecule is O=S(=O)(Cc1nc2cc(Sc3ccncc3)ccc2[nH]1)c1ccccc1. The Bertz CT molecular complexity index is 1140. The van der Waals surface area contributed by atoms with E-state index in [2.05, 4.69) is 15.0 Å². The van der Waals surface area contributed by atoms with E-state index in [1.807, 2.05) is 30.3 Å². The molecule has 0 aliphatic carbocycles. The van der Waals surface area contributed by atoms with E-state index in [0.717, 1.165) is 20.8 Å². The van der Waals surface area contributed by atoms with Crippen LogP contribution in [0.4, 0.5) is 0 Å². The number of nitrogens with zero attached hydrogens (tertiary/aromatic N) is 2. The van der Waals surface area contributed by atoms with Gasteiger partial charge >= 0.3 is 0 Å². The van der Waals surface area contributed by atoms with E-state index in [4.69, 9.17) is 0 Å². The van der Waals surface area contributed by atoms with Gasteiger partial charge in [0.1, 0.15) is 11.6 Å². The molecule has 2 aromatic heterocycles. The Morgan fingerprint density at radius 1 is 0.923 bits per heavy atom. The molecule has 2 aromatic carbocycles. The Morgan fingerprint density at radius 2 is 1.69 bits per heavy atom. The van der Waals surface area contributed by atoms with Gasteiger partial charge < -0.3 is 4.98 Å². The van der Waals surface area contributed by atoms with Gasteiger partial charge in [-0.2, -0.15) is 0 Å². The number of pyridine rings is 1. The smallest absolute Gasteiger partial charge is 0.185 e. The van der Waals surface area contributed by atoms with Crippen molar-refractivity contribution in [3.8, 4) is 0 Å². The van der Waals surface area contributed by atoms with Crippen LogP contribution in [0.5, 0.6) is 0 Å². The third-order valence-corrected chi connectivity index (χ3v) is 6.46. The molecule has 0 amide bonds. The Labute approximate surface area is 155 Å². The van der Waals surface area contributed by atoms with Gasteiger partial charge in [0.15, 0.2) is 9.84 Å². The molecule has 0 saturated heterocycles. The molecule has 0 aliphatic rings. The highest BCUT2D eigenvalue weighted by molar-refractivity contribution is 7.99. The van der Waals surface area contributed by atoms with E-state index in [1.165, 1.54) is 0 Å². The standard InChI is InChI=1S/C19H15N3O2S2/c23-26(24,16-4-2-1-3-5-16)13-19-21-17-7-6-15(12-18(17)22-19)25-14-8-10-20-11-9-14/h1-12H,13H2,(H,21,22). The van der Waals surface area contributed by atoms with Gasteiger partial charge in [0, 0.05) is 22.2 Å². The van der Waals surface area contributed by atoms with Crippen molar-refractivity contribution in [2.75, 3.05) is 0 Å². The first-order valence-corrected chi connectivity index (χ1v) is 10.4. The van der Waals surface area contributed by atoms with Crippen molar-refractivity contribution in [3.05, 3.63) is 78.9 Å². The molecule has 0 fully saturated rings. The molecule has 0 saturated carbocycles. The second-order valence-electron chi connectivity index (χ2n) is 5.72. The number of nitrogens with one attached hydrogen (secondary N) is 1. The summed E-state index contributed by atoms with van der Waals surface area (Å²) in [6.07, 6.45) is 3.50. The molecule has 1 N–H and O–H groups in total. The van der Waals surface area contributed by atoms with Gasteiger partial charge in [-0.15, -0.1) is 0 Å². The van der Waals surface area contributed by atoms with E-state index < -0.39 is 9.84 Å². The summed E-state index contributed by atoms with van der Waals surface area (Å²) in [5.74, 6) is 0.285. The Hall–Kier alpha value is -2.64. The lowest BCUT2D eigenvalue weighted by Gasteiger charge is -2.01. The predicted octanol–water partition coefficient (Wildman–Crippen LogP) is 4.08. The van der Waals surface area contributed by atoms with E-state index in [9.17, 15) is 8.42 Å². The molecule has 0 radical (unpaired) electrons. The van der Waals surface area contributed by atoms with Crippen LogP contribution in [0.2, 0.25) is 0 Å². The van der Waals surface area contributed by atoms with E-state index in [1.54, 1.807) is 54.5 Å². The molecule has 4 aromatic rings. The number of benzene rings is 2. The van der Waals surface area contributed by atoms with E-state index in [0.29, 0.717) is 10.7 Å². The summed E-state index contributed by atoms with van der Waals surface area (Å²) in [4.78, 5) is 14.0. The average Bonchev–Trinajstić information content (AvgIpc) is 3.04. The highest BCUT2D eigenvalue weighted by atomic mass is 32.2. The first-order valence-electron chi connectivity index (χ1n) is 7.94. The summed E-state index contributed by atoms with van der Waals surface area (Å²) in [7, 11) is -3.43. The number of hydrogen-bond acceptors (Lipinski definition) is 5. The highest BCUT2D eigenvalue weighted by Gasteiger charge is 2.17. The van der Waals surface area contributed by atoms with Crippen molar-refractivity contribution in [1.82, 2.24) is 15.0 Å². The van der Waals surface area contributed by atoms with Gasteiger partial charge in [-0.05, 0) is 42.5 Å². The third kappa shape index (κ3) is 3.63. The number of rotatable bonds is 5. The number of H-pyrrole nitrogens is 1. The summed E-state index contributed by atoms with van der Waals surface area (Å²) in [5, 5.41) is 0. The number of aromatic amines is 1. The summed E-state index contributed by atoms with van der Waals surface area (Å²) in [6, 6.07) is 18.2. The molecule has 7 heteroatoms. The maximum atomic E-state index is 12.5.